The minimum absolute atomic E-state index is 0.243. The van der Waals surface area contributed by atoms with E-state index in [2.05, 4.69) is 30.3 Å². The van der Waals surface area contributed by atoms with Crippen LogP contribution in [-0.4, -0.2) is 41.9 Å². The molecule has 0 saturated carbocycles. The van der Waals surface area contributed by atoms with Gasteiger partial charge in [-0.25, -0.2) is 4.79 Å². The molecule has 0 radical (unpaired) electrons. The Kier molecular flexibility index (Phi) is 6.05. The van der Waals surface area contributed by atoms with Crippen LogP contribution in [0.1, 0.15) is 44.7 Å². The van der Waals surface area contributed by atoms with Gasteiger partial charge in [0.1, 0.15) is 18.0 Å². The highest BCUT2D eigenvalue weighted by atomic mass is 16.6. The lowest BCUT2D eigenvalue weighted by molar-refractivity contribution is -0.0318. The Balaban J connectivity index is 1.38. The van der Waals surface area contributed by atoms with Gasteiger partial charge in [-0.1, -0.05) is 42.5 Å². The molecular weight excluding hydrogens is 390 g/mol. The highest BCUT2D eigenvalue weighted by molar-refractivity contribution is 5.71. The summed E-state index contributed by atoms with van der Waals surface area (Å²) in [5.41, 5.74) is 2.67. The fourth-order valence-corrected chi connectivity index (χ4v) is 4.00. The average Bonchev–Trinajstić information content (AvgIpc) is 3.16. The maximum atomic E-state index is 12.3. The van der Waals surface area contributed by atoms with E-state index in [-0.39, 0.29) is 11.7 Å². The van der Waals surface area contributed by atoms with Crippen LogP contribution in [-0.2, 0) is 16.1 Å². The molecule has 164 valence electrons. The molecule has 1 saturated heterocycles. The van der Waals surface area contributed by atoms with Crippen molar-refractivity contribution in [2.45, 2.75) is 51.4 Å². The van der Waals surface area contributed by atoms with E-state index in [0.717, 1.165) is 29.7 Å². The lowest BCUT2D eigenvalue weighted by atomic mass is 9.90. The summed E-state index contributed by atoms with van der Waals surface area (Å²) in [4.78, 5) is 14.1. The van der Waals surface area contributed by atoms with Crippen LogP contribution in [0.4, 0.5) is 4.79 Å². The number of piperidine rings is 1. The first-order valence-corrected chi connectivity index (χ1v) is 10.9. The van der Waals surface area contributed by atoms with Crippen LogP contribution in [0, 0.1) is 0 Å². The smallest absolute Gasteiger partial charge is 0.410 e. The number of rotatable bonds is 4. The molecule has 2 aromatic carbocycles. The minimum Gasteiger partial charge on any atom is -0.489 e. The van der Waals surface area contributed by atoms with Gasteiger partial charge in [0.15, 0.2) is 0 Å². The molecule has 31 heavy (non-hydrogen) atoms. The molecule has 0 bridgehead atoms. The first-order chi connectivity index (χ1) is 14.8. The summed E-state index contributed by atoms with van der Waals surface area (Å²) in [6.07, 6.45) is 3.56. The van der Waals surface area contributed by atoms with Crippen molar-refractivity contribution in [3.63, 3.8) is 0 Å². The Hall–Kier alpha value is -2.79. The summed E-state index contributed by atoms with van der Waals surface area (Å²) in [6.45, 7) is 8.08. The molecule has 2 heterocycles. The maximum Gasteiger partial charge on any atom is 0.410 e. The number of hydrogen-bond donors (Lipinski definition) is 0. The molecule has 0 atom stereocenters. The van der Waals surface area contributed by atoms with E-state index in [4.69, 9.17) is 14.2 Å². The van der Waals surface area contributed by atoms with Crippen LogP contribution in [0.25, 0.3) is 5.57 Å². The standard InChI is InChI=1S/C26H31NO4/c1-25(2,3)31-24(28)27-14-12-26(13-15-27)17-22(19-30-26)21-10-7-11-23(16-21)29-18-20-8-5-4-6-9-20/h4-11,16-17H,12-15,18-19H2,1-3H3. The van der Waals surface area contributed by atoms with Crippen LogP contribution in [0.3, 0.4) is 0 Å². The third-order valence-corrected chi connectivity index (χ3v) is 5.67. The Morgan fingerprint density at radius 1 is 1.06 bits per heavy atom. The van der Waals surface area contributed by atoms with E-state index < -0.39 is 5.60 Å². The largest absolute Gasteiger partial charge is 0.489 e. The third-order valence-electron chi connectivity index (χ3n) is 5.67. The fraction of sp³-hybridized carbons (Fsp3) is 0.423. The van der Waals surface area contributed by atoms with Crippen molar-refractivity contribution in [1.82, 2.24) is 4.90 Å². The van der Waals surface area contributed by atoms with Crippen LogP contribution < -0.4 is 4.74 Å². The molecular formula is C26H31NO4. The molecule has 0 N–H and O–H groups in total. The number of carbonyl (C=O) groups excluding carboxylic acids is 1. The van der Waals surface area contributed by atoms with Gasteiger partial charge in [0.2, 0.25) is 0 Å². The zero-order chi connectivity index (χ0) is 21.9. The zero-order valence-electron chi connectivity index (χ0n) is 18.6. The lowest BCUT2D eigenvalue weighted by Crippen LogP contribution is -2.47. The Labute approximate surface area is 184 Å². The molecule has 2 aromatic rings. The highest BCUT2D eigenvalue weighted by Gasteiger charge is 2.39. The number of ether oxygens (including phenoxy) is 3. The topological polar surface area (TPSA) is 48.0 Å². The van der Waals surface area contributed by atoms with Gasteiger partial charge in [0.25, 0.3) is 0 Å². The van der Waals surface area contributed by atoms with E-state index in [1.54, 1.807) is 4.90 Å². The molecule has 0 aliphatic carbocycles. The molecule has 5 heteroatoms. The van der Waals surface area contributed by atoms with Crippen molar-refractivity contribution in [2.24, 2.45) is 0 Å². The molecule has 2 aliphatic rings. The predicted molar refractivity (Wildman–Crippen MR) is 121 cm³/mol. The van der Waals surface area contributed by atoms with E-state index in [0.29, 0.717) is 26.3 Å². The number of amides is 1. The van der Waals surface area contributed by atoms with E-state index in [9.17, 15) is 4.79 Å². The van der Waals surface area contributed by atoms with Crippen molar-refractivity contribution >= 4 is 11.7 Å². The van der Waals surface area contributed by atoms with Crippen LogP contribution >= 0.6 is 0 Å². The molecule has 1 amide bonds. The minimum atomic E-state index is -0.475. The first kappa shape index (κ1) is 21.4. The molecule has 1 spiro atoms. The van der Waals surface area contributed by atoms with Gasteiger partial charge in [-0.05, 0) is 68.5 Å². The quantitative estimate of drug-likeness (QED) is 0.659. The second-order valence-electron chi connectivity index (χ2n) is 9.29. The van der Waals surface area contributed by atoms with Gasteiger partial charge in [-0.2, -0.15) is 0 Å². The Morgan fingerprint density at radius 2 is 1.81 bits per heavy atom. The van der Waals surface area contributed by atoms with Crippen molar-refractivity contribution < 1.29 is 19.0 Å². The number of carbonyl (C=O) groups is 1. The fourth-order valence-electron chi connectivity index (χ4n) is 4.00. The van der Waals surface area contributed by atoms with Gasteiger partial charge < -0.3 is 19.1 Å². The zero-order valence-corrected chi connectivity index (χ0v) is 18.6. The summed E-state index contributed by atoms with van der Waals surface area (Å²) in [6, 6.07) is 18.3. The number of hydrogen-bond acceptors (Lipinski definition) is 4. The predicted octanol–water partition coefficient (Wildman–Crippen LogP) is 5.45. The van der Waals surface area contributed by atoms with Gasteiger partial charge >= 0.3 is 6.09 Å². The van der Waals surface area contributed by atoms with Gasteiger partial charge in [-0.3, -0.25) is 0 Å². The van der Waals surface area contributed by atoms with Gasteiger partial charge in [-0.15, -0.1) is 0 Å². The van der Waals surface area contributed by atoms with Crippen molar-refractivity contribution in [2.75, 3.05) is 19.7 Å². The van der Waals surface area contributed by atoms with Gasteiger partial charge in [0.05, 0.1) is 12.2 Å². The SMILES string of the molecule is CC(C)(C)OC(=O)N1CCC2(C=C(c3cccc(OCc4ccccc4)c3)CO2)CC1. The van der Waals surface area contributed by atoms with Crippen LogP contribution in [0.2, 0.25) is 0 Å². The van der Waals surface area contributed by atoms with Crippen LogP contribution in [0.15, 0.2) is 60.7 Å². The summed E-state index contributed by atoms with van der Waals surface area (Å²) >= 11 is 0. The first-order valence-electron chi connectivity index (χ1n) is 10.9. The van der Waals surface area contributed by atoms with E-state index >= 15 is 0 Å². The lowest BCUT2D eigenvalue weighted by Gasteiger charge is -2.38. The summed E-state index contributed by atoms with van der Waals surface area (Å²) in [5.74, 6) is 0.850. The normalized spacial score (nSPS) is 18.0. The Bertz CT molecular complexity index is 937. The molecule has 0 unspecified atom stereocenters. The van der Waals surface area contributed by atoms with E-state index in [1.165, 1.54) is 5.57 Å². The molecule has 2 aliphatic heterocycles. The summed E-state index contributed by atoms with van der Waals surface area (Å²) < 4.78 is 17.7. The van der Waals surface area contributed by atoms with E-state index in [1.807, 2.05) is 51.1 Å². The van der Waals surface area contributed by atoms with Crippen molar-refractivity contribution in [3.05, 3.63) is 71.8 Å². The molecule has 5 nitrogen and oxygen atoms in total. The molecule has 1 fully saturated rings. The highest BCUT2D eigenvalue weighted by Crippen LogP contribution is 2.38. The summed E-state index contributed by atoms with van der Waals surface area (Å²) in [5, 5.41) is 0. The monoisotopic (exact) mass is 421 g/mol. The van der Waals surface area contributed by atoms with Gasteiger partial charge in [0, 0.05) is 13.1 Å². The Morgan fingerprint density at radius 3 is 2.52 bits per heavy atom. The van der Waals surface area contributed by atoms with Crippen LogP contribution in [0.5, 0.6) is 5.75 Å². The summed E-state index contributed by atoms with van der Waals surface area (Å²) in [7, 11) is 0. The third kappa shape index (κ3) is 5.47. The molecule has 0 aromatic heterocycles. The number of likely N-dealkylation sites (tertiary alicyclic amines) is 1. The number of benzene rings is 2. The van der Waals surface area contributed by atoms with Crippen molar-refractivity contribution in [3.8, 4) is 5.75 Å². The second-order valence-corrected chi connectivity index (χ2v) is 9.29. The number of nitrogens with zero attached hydrogens (tertiary/aromatic N) is 1. The second kappa shape index (κ2) is 8.75. The average molecular weight is 422 g/mol. The molecule has 4 rings (SSSR count). The van der Waals surface area contributed by atoms with Crippen molar-refractivity contribution in [1.29, 1.82) is 0 Å². The maximum absolute atomic E-state index is 12.3.